The molecule has 7 nitrogen and oxygen atoms in total. The second-order valence-electron chi connectivity index (χ2n) is 8.16. The first-order chi connectivity index (χ1) is 16.7. The number of aromatic nitrogens is 3. The maximum Gasteiger partial charge on any atom is 0.157 e. The molecule has 0 unspecified atom stereocenters. The van der Waals surface area contributed by atoms with Crippen LogP contribution < -0.4 is 5.43 Å². The van der Waals surface area contributed by atoms with Crippen LogP contribution >= 0.6 is 0 Å². The molecule has 1 aliphatic rings. The fourth-order valence-electron chi connectivity index (χ4n) is 4.14. The molecule has 1 aliphatic heterocycles. The van der Waals surface area contributed by atoms with Gasteiger partial charge in [0.15, 0.2) is 5.82 Å². The van der Waals surface area contributed by atoms with E-state index in [2.05, 4.69) is 57.3 Å². The van der Waals surface area contributed by atoms with Crippen LogP contribution in [0.15, 0.2) is 83.2 Å². The number of allylic oxidation sites excluding steroid dienone is 3. The van der Waals surface area contributed by atoms with Crippen molar-refractivity contribution in [3.63, 3.8) is 0 Å². The molecule has 0 bridgehead atoms. The fraction of sp³-hybridized carbons (Fsp3) is 0.259. The summed E-state index contributed by atoms with van der Waals surface area (Å²) in [6, 6.07) is 14.1. The van der Waals surface area contributed by atoms with Crippen LogP contribution in [0.4, 0.5) is 5.82 Å². The predicted octanol–water partition coefficient (Wildman–Crippen LogP) is 5.05. The zero-order valence-corrected chi connectivity index (χ0v) is 19.9. The Morgan fingerprint density at radius 3 is 2.56 bits per heavy atom. The first-order valence-corrected chi connectivity index (χ1v) is 11.6. The second kappa shape index (κ2) is 11.2. The topological polar surface area (TPSA) is 70.7 Å². The number of hydrazone groups is 1. The standard InChI is InChI=1S/C27H31N7/c1-21-10-5-6-11-23(21)24(31-29-3)12-9-13-27(33-18-7-4-8-19-33)34-26(28-2)20-25(32-34)22-14-16-30-17-15-22/h5-6,9-17,20,29H,2,4,7-8,18-19H2,1,3H3/b12-9-,27-13-,31-24+. The summed E-state index contributed by atoms with van der Waals surface area (Å²) in [5.41, 5.74) is 7.90. The summed E-state index contributed by atoms with van der Waals surface area (Å²) in [4.78, 5) is 10.8. The van der Waals surface area contributed by atoms with E-state index in [1.54, 1.807) is 12.4 Å². The Morgan fingerprint density at radius 2 is 1.85 bits per heavy atom. The minimum Gasteiger partial charge on any atom is -0.357 e. The lowest BCUT2D eigenvalue weighted by Crippen LogP contribution is -2.31. The molecule has 0 radical (unpaired) electrons. The summed E-state index contributed by atoms with van der Waals surface area (Å²) in [6.07, 6.45) is 13.3. The van der Waals surface area contributed by atoms with Gasteiger partial charge in [-0.3, -0.25) is 4.98 Å². The molecule has 1 aromatic carbocycles. The zero-order chi connectivity index (χ0) is 23.8. The highest BCUT2D eigenvalue weighted by atomic mass is 15.4. The third-order valence-electron chi connectivity index (χ3n) is 5.88. The van der Waals surface area contributed by atoms with Crippen molar-refractivity contribution in [3.8, 4) is 11.3 Å². The van der Waals surface area contributed by atoms with E-state index in [0.717, 1.165) is 54.3 Å². The number of aryl methyl sites for hydroxylation is 1. The van der Waals surface area contributed by atoms with Crippen LogP contribution in [0.2, 0.25) is 0 Å². The molecule has 174 valence electrons. The van der Waals surface area contributed by atoms with Crippen LogP contribution in [-0.2, 0) is 0 Å². The molecule has 0 amide bonds. The maximum atomic E-state index is 4.90. The van der Waals surface area contributed by atoms with Gasteiger partial charge in [-0.1, -0.05) is 30.3 Å². The van der Waals surface area contributed by atoms with Crippen LogP contribution in [0.3, 0.4) is 0 Å². The van der Waals surface area contributed by atoms with Gasteiger partial charge in [-0.15, -0.1) is 0 Å². The molecule has 7 heteroatoms. The Balaban J connectivity index is 1.74. The van der Waals surface area contributed by atoms with E-state index in [-0.39, 0.29) is 0 Å². The summed E-state index contributed by atoms with van der Waals surface area (Å²) in [5, 5.41) is 9.40. The first kappa shape index (κ1) is 23.2. The van der Waals surface area contributed by atoms with Gasteiger partial charge in [0.1, 0.15) is 5.82 Å². The zero-order valence-electron chi connectivity index (χ0n) is 19.9. The molecular weight excluding hydrogens is 422 g/mol. The molecule has 1 fully saturated rings. The summed E-state index contributed by atoms with van der Waals surface area (Å²) in [6.45, 7) is 7.85. The van der Waals surface area contributed by atoms with E-state index in [0.29, 0.717) is 5.82 Å². The molecule has 3 aromatic rings. The normalized spacial score (nSPS) is 15.1. The second-order valence-corrected chi connectivity index (χ2v) is 8.16. The van der Waals surface area contributed by atoms with Crippen LogP contribution in [0.1, 0.15) is 30.4 Å². The average molecular weight is 454 g/mol. The number of likely N-dealkylation sites (tertiary alicyclic amines) is 1. The third kappa shape index (κ3) is 5.31. The Morgan fingerprint density at radius 1 is 1.09 bits per heavy atom. The third-order valence-corrected chi connectivity index (χ3v) is 5.88. The number of nitrogens with one attached hydrogen (secondary N) is 1. The average Bonchev–Trinajstić information content (AvgIpc) is 3.31. The van der Waals surface area contributed by atoms with E-state index in [9.17, 15) is 0 Å². The molecule has 0 aliphatic carbocycles. The molecule has 1 saturated heterocycles. The molecule has 0 saturated carbocycles. The number of piperidine rings is 1. The van der Waals surface area contributed by atoms with Crippen LogP contribution in [-0.4, -0.2) is 52.2 Å². The lowest BCUT2D eigenvalue weighted by molar-refractivity contribution is 0.310. The van der Waals surface area contributed by atoms with Crippen molar-refractivity contribution in [1.82, 2.24) is 25.1 Å². The van der Waals surface area contributed by atoms with Crippen molar-refractivity contribution in [1.29, 1.82) is 0 Å². The summed E-state index contributed by atoms with van der Waals surface area (Å²) >= 11 is 0. The number of pyridine rings is 1. The van der Waals surface area contributed by atoms with Crippen molar-refractivity contribution in [2.75, 3.05) is 20.1 Å². The largest absolute Gasteiger partial charge is 0.357 e. The van der Waals surface area contributed by atoms with E-state index in [1.165, 1.54) is 12.0 Å². The SMILES string of the molecule is C=Nc1cc(-c2ccncc2)nn1\C(=C/C=C\C(=N/NC)c1ccccc1C)N1CCCCC1. The van der Waals surface area contributed by atoms with Gasteiger partial charge in [-0.25, -0.2) is 4.99 Å². The molecule has 2 aromatic heterocycles. The van der Waals surface area contributed by atoms with Gasteiger partial charge in [0, 0.05) is 49.7 Å². The molecule has 4 rings (SSSR count). The molecular formula is C27H31N7. The molecule has 0 spiro atoms. The number of rotatable bonds is 8. The van der Waals surface area contributed by atoms with Crippen LogP contribution in [0, 0.1) is 6.92 Å². The van der Waals surface area contributed by atoms with E-state index in [1.807, 2.05) is 54.2 Å². The number of hydrogen-bond donors (Lipinski definition) is 1. The van der Waals surface area contributed by atoms with Gasteiger partial charge in [0.05, 0.1) is 11.4 Å². The number of benzene rings is 1. The lowest BCUT2D eigenvalue weighted by atomic mass is 10.0. The van der Waals surface area contributed by atoms with Gasteiger partial charge in [0.2, 0.25) is 0 Å². The lowest BCUT2D eigenvalue weighted by Gasteiger charge is -2.31. The number of hydrogen-bond acceptors (Lipinski definition) is 6. The fourth-order valence-corrected chi connectivity index (χ4v) is 4.14. The molecule has 0 atom stereocenters. The van der Waals surface area contributed by atoms with Crippen LogP contribution in [0.25, 0.3) is 17.1 Å². The smallest absolute Gasteiger partial charge is 0.157 e. The van der Waals surface area contributed by atoms with Crippen LogP contribution in [0.5, 0.6) is 0 Å². The van der Waals surface area contributed by atoms with Gasteiger partial charge < -0.3 is 10.3 Å². The van der Waals surface area contributed by atoms with Gasteiger partial charge in [-0.2, -0.15) is 14.9 Å². The monoisotopic (exact) mass is 453 g/mol. The molecule has 3 heterocycles. The van der Waals surface area contributed by atoms with E-state index < -0.39 is 0 Å². The van der Waals surface area contributed by atoms with Crippen molar-refractivity contribution in [2.24, 2.45) is 10.1 Å². The summed E-state index contributed by atoms with van der Waals surface area (Å²) < 4.78 is 1.89. The van der Waals surface area contributed by atoms with E-state index >= 15 is 0 Å². The van der Waals surface area contributed by atoms with Gasteiger partial charge in [-0.05, 0) is 62.8 Å². The highest BCUT2D eigenvalue weighted by molar-refractivity contribution is 6.09. The number of aliphatic imine (C=N–C) groups is 1. The van der Waals surface area contributed by atoms with Crippen molar-refractivity contribution in [3.05, 3.63) is 84.2 Å². The molecule has 34 heavy (non-hydrogen) atoms. The summed E-state index contributed by atoms with van der Waals surface area (Å²) in [7, 11) is 1.81. The van der Waals surface area contributed by atoms with Gasteiger partial charge >= 0.3 is 0 Å². The summed E-state index contributed by atoms with van der Waals surface area (Å²) in [5.74, 6) is 1.69. The Labute approximate surface area is 201 Å². The maximum absolute atomic E-state index is 4.90. The number of nitrogens with zero attached hydrogens (tertiary/aromatic N) is 6. The predicted molar refractivity (Wildman–Crippen MR) is 140 cm³/mol. The van der Waals surface area contributed by atoms with Crippen molar-refractivity contribution >= 4 is 24.1 Å². The van der Waals surface area contributed by atoms with E-state index in [4.69, 9.17) is 5.10 Å². The minimum atomic E-state index is 0.708. The Bertz CT molecular complexity index is 1200. The highest BCUT2D eigenvalue weighted by Gasteiger charge is 2.19. The van der Waals surface area contributed by atoms with Crippen molar-refractivity contribution in [2.45, 2.75) is 26.2 Å². The quantitative estimate of drug-likeness (QED) is 0.294. The Kier molecular flexibility index (Phi) is 7.65. The Hall–Kier alpha value is -4.00. The molecule has 1 N–H and O–H groups in total. The van der Waals surface area contributed by atoms with Crippen molar-refractivity contribution < 1.29 is 0 Å². The van der Waals surface area contributed by atoms with Gasteiger partial charge in [0.25, 0.3) is 0 Å². The highest BCUT2D eigenvalue weighted by Crippen LogP contribution is 2.28. The first-order valence-electron chi connectivity index (χ1n) is 11.6. The minimum absolute atomic E-state index is 0.708.